The minimum Gasteiger partial charge on any atom is -0.467 e. The molecule has 0 heterocycles. The van der Waals surface area contributed by atoms with Crippen LogP contribution in [0.3, 0.4) is 0 Å². The lowest BCUT2D eigenvalue weighted by molar-refractivity contribution is -0.161. The standard InChI is InChI=1S/C15H19NO7/c1-20-12(14(18)22-3)11(13(17)21-2)16-15(19)23-9-10-7-5-4-6-8-10/h4-8,11-12H,9H2,1-3H3,(H,16,19). The summed E-state index contributed by atoms with van der Waals surface area (Å²) in [5.41, 5.74) is 0.772. The summed E-state index contributed by atoms with van der Waals surface area (Å²) in [5, 5.41) is 2.24. The number of ether oxygens (including phenoxy) is 4. The third-order valence-corrected chi connectivity index (χ3v) is 2.93. The fraction of sp³-hybridized carbons (Fsp3) is 0.400. The third-order valence-electron chi connectivity index (χ3n) is 2.93. The Morgan fingerprint density at radius 2 is 1.61 bits per heavy atom. The number of hydrogen-bond acceptors (Lipinski definition) is 7. The maximum Gasteiger partial charge on any atom is 0.408 e. The molecule has 0 aliphatic rings. The van der Waals surface area contributed by atoms with Gasteiger partial charge in [0.25, 0.3) is 0 Å². The lowest BCUT2D eigenvalue weighted by atomic mass is 10.1. The number of carbonyl (C=O) groups excluding carboxylic acids is 3. The van der Waals surface area contributed by atoms with Crippen molar-refractivity contribution in [3.63, 3.8) is 0 Å². The van der Waals surface area contributed by atoms with Gasteiger partial charge in [-0.1, -0.05) is 30.3 Å². The highest BCUT2D eigenvalue weighted by molar-refractivity contribution is 5.89. The van der Waals surface area contributed by atoms with Crippen LogP contribution >= 0.6 is 0 Å². The molecule has 0 aliphatic heterocycles. The van der Waals surface area contributed by atoms with E-state index in [1.165, 1.54) is 7.11 Å². The summed E-state index contributed by atoms with van der Waals surface area (Å²) >= 11 is 0. The maximum atomic E-state index is 11.8. The molecule has 8 nitrogen and oxygen atoms in total. The van der Waals surface area contributed by atoms with Gasteiger partial charge >= 0.3 is 18.0 Å². The average Bonchev–Trinajstić information content (AvgIpc) is 2.59. The summed E-state index contributed by atoms with van der Waals surface area (Å²) in [6, 6.07) is 7.59. The molecule has 0 radical (unpaired) electrons. The van der Waals surface area contributed by atoms with Gasteiger partial charge < -0.3 is 24.3 Å². The van der Waals surface area contributed by atoms with Crippen LogP contribution in [0.5, 0.6) is 0 Å². The molecule has 0 saturated carbocycles. The Hall–Kier alpha value is -2.61. The van der Waals surface area contributed by atoms with Crippen molar-refractivity contribution in [3.8, 4) is 0 Å². The van der Waals surface area contributed by atoms with Crippen molar-refractivity contribution in [1.82, 2.24) is 5.32 Å². The molecule has 126 valence electrons. The molecule has 0 aromatic heterocycles. The van der Waals surface area contributed by atoms with Crippen molar-refractivity contribution in [2.45, 2.75) is 18.8 Å². The zero-order valence-corrected chi connectivity index (χ0v) is 13.1. The SMILES string of the molecule is COC(=O)C(NC(=O)OCc1ccccc1)C(OC)C(=O)OC. The summed E-state index contributed by atoms with van der Waals surface area (Å²) in [6.45, 7) is 0.0104. The number of methoxy groups -OCH3 is 3. The lowest BCUT2D eigenvalue weighted by Gasteiger charge is -2.22. The number of esters is 2. The number of hydrogen-bond donors (Lipinski definition) is 1. The molecular formula is C15H19NO7. The second-order valence-corrected chi connectivity index (χ2v) is 4.39. The third kappa shape index (κ3) is 5.59. The van der Waals surface area contributed by atoms with Gasteiger partial charge in [0, 0.05) is 7.11 Å². The van der Waals surface area contributed by atoms with Crippen molar-refractivity contribution < 1.29 is 33.3 Å². The average molecular weight is 325 g/mol. The summed E-state index contributed by atoms with van der Waals surface area (Å²) in [4.78, 5) is 35.2. The van der Waals surface area contributed by atoms with E-state index in [1.54, 1.807) is 24.3 Å². The Morgan fingerprint density at radius 1 is 1.00 bits per heavy atom. The molecule has 1 aromatic rings. The first-order chi connectivity index (χ1) is 11.0. The number of benzene rings is 1. The van der Waals surface area contributed by atoms with Crippen LogP contribution in [-0.2, 0) is 35.1 Å². The zero-order valence-electron chi connectivity index (χ0n) is 13.1. The zero-order chi connectivity index (χ0) is 17.2. The highest BCUT2D eigenvalue weighted by Crippen LogP contribution is 2.06. The molecule has 0 spiro atoms. The van der Waals surface area contributed by atoms with Crippen molar-refractivity contribution in [2.75, 3.05) is 21.3 Å². The van der Waals surface area contributed by atoms with E-state index in [9.17, 15) is 14.4 Å². The van der Waals surface area contributed by atoms with Crippen LogP contribution in [0.25, 0.3) is 0 Å². The Morgan fingerprint density at radius 3 is 2.13 bits per heavy atom. The van der Waals surface area contributed by atoms with Crippen LogP contribution in [-0.4, -0.2) is 51.5 Å². The number of carbonyl (C=O) groups is 3. The van der Waals surface area contributed by atoms with E-state index in [1.807, 2.05) is 6.07 Å². The molecule has 1 rings (SSSR count). The van der Waals surface area contributed by atoms with Crippen LogP contribution < -0.4 is 5.32 Å². The summed E-state index contributed by atoms with van der Waals surface area (Å²) in [5.74, 6) is -1.69. The molecule has 0 saturated heterocycles. The molecule has 1 amide bonds. The molecule has 2 unspecified atom stereocenters. The second kappa shape index (κ2) is 9.42. The van der Waals surface area contributed by atoms with Gasteiger partial charge in [0.15, 0.2) is 12.1 Å². The first kappa shape index (κ1) is 18.4. The molecule has 2 atom stereocenters. The molecule has 1 N–H and O–H groups in total. The van der Waals surface area contributed by atoms with E-state index in [2.05, 4.69) is 14.8 Å². The predicted molar refractivity (Wildman–Crippen MR) is 78.4 cm³/mol. The fourth-order valence-electron chi connectivity index (χ4n) is 1.76. The second-order valence-electron chi connectivity index (χ2n) is 4.39. The largest absolute Gasteiger partial charge is 0.467 e. The Labute approximate surface area is 133 Å². The van der Waals surface area contributed by atoms with E-state index >= 15 is 0 Å². The van der Waals surface area contributed by atoms with Gasteiger partial charge in [-0.2, -0.15) is 0 Å². The van der Waals surface area contributed by atoms with Crippen LogP contribution in [0.1, 0.15) is 5.56 Å². The lowest BCUT2D eigenvalue weighted by Crippen LogP contribution is -2.53. The first-order valence-corrected chi connectivity index (χ1v) is 6.69. The Bertz CT molecular complexity index is 532. The van der Waals surface area contributed by atoms with Gasteiger partial charge in [-0.15, -0.1) is 0 Å². The van der Waals surface area contributed by atoms with E-state index in [0.717, 1.165) is 19.8 Å². The number of nitrogens with one attached hydrogen (secondary N) is 1. The van der Waals surface area contributed by atoms with Gasteiger partial charge in [-0.3, -0.25) is 0 Å². The molecule has 1 aromatic carbocycles. The Kier molecular flexibility index (Phi) is 7.55. The normalized spacial score (nSPS) is 12.7. The molecule has 0 bridgehead atoms. The van der Waals surface area contributed by atoms with E-state index in [4.69, 9.17) is 9.47 Å². The summed E-state index contributed by atoms with van der Waals surface area (Å²) in [7, 11) is 3.46. The van der Waals surface area contributed by atoms with E-state index in [0.29, 0.717) is 0 Å². The molecule has 23 heavy (non-hydrogen) atoms. The van der Waals surface area contributed by atoms with Crippen molar-refractivity contribution in [3.05, 3.63) is 35.9 Å². The van der Waals surface area contributed by atoms with Crippen molar-refractivity contribution in [2.24, 2.45) is 0 Å². The quantitative estimate of drug-likeness (QED) is 0.580. The smallest absolute Gasteiger partial charge is 0.408 e. The minimum absolute atomic E-state index is 0.0104. The predicted octanol–water partition coefficient (Wildman–Crippen LogP) is 0.642. The van der Waals surface area contributed by atoms with Gasteiger partial charge in [0.2, 0.25) is 0 Å². The van der Waals surface area contributed by atoms with Crippen molar-refractivity contribution >= 4 is 18.0 Å². The van der Waals surface area contributed by atoms with E-state index in [-0.39, 0.29) is 6.61 Å². The van der Waals surface area contributed by atoms with Crippen LogP contribution in [0, 0.1) is 0 Å². The highest BCUT2D eigenvalue weighted by atomic mass is 16.6. The summed E-state index contributed by atoms with van der Waals surface area (Å²) < 4.78 is 19.0. The fourth-order valence-corrected chi connectivity index (χ4v) is 1.76. The molecule has 0 fully saturated rings. The maximum absolute atomic E-state index is 11.8. The molecular weight excluding hydrogens is 306 g/mol. The van der Waals surface area contributed by atoms with E-state index < -0.39 is 30.2 Å². The van der Waals surface area contributed by atoms with Crippen molar-refractivity contribution in [1.29, 1.82) is 0 Å². The highest BCUT2D eigenvalue weighted by Gasteiger charge is 2.37. The number of alkyl carbamates (subject to hydrolysis) is 1. The van der Waals surface area contributed by atoms with Gasteiger partial charge in [-0.25, -0.2) is 14.4 Å². The monoisotopic (exact) mass is 325 g/mol. The van der Waals surface area contributed by atoms with Gasteiger partial charge in [-0.05, 0) is 5.56 Å². The number of amides is 1. The van der Waals surface area contributed by atoms with Crippen LogP contribution in [0.4, 0.5) is 4.79 Å². The summed E-state index contributed by atoms with van der Waals surface area (Å²) in [6.07, 6.45) is -2.24. The van der Waals surface area contributed by atoms with Crippen LogP contribution in [0.2, 0.25) is 0 Å². The topological polar surface area (TPSA) is 100 Å². The van der Waals surface area contributed by atoms with Gasteiger partial charge in [0.05, 0.1) is 14.2 Å². The van der Waals surface area contributed by atoms with Crippen LogP contribution in [0.15, 0.2) is 30.3 Å². The molecule has 8 heteroatoms. The molecule has 0 aliphatic carbocycles. The Balaban J connectivity index is 2.70. The van der Waals surface area contributed by atoms with Gasteiger partial charge in [0.1, 0.15) is 6.61 Å². The first-order valence-electron chi connectivity index (χ1n) is 6.69. The number of rotatable bonds is 7. The minimum atomic E-state index is -1.39.